The summed E-state index contributed by atoms with van der Waals surface area (Å²) >= 11 is 0. The molecule has 0 aromatic heterocycles. The van der Waals surface area contributed by atoms with Crippen molar-refractivity contribution < 1.29 is 9.90 Å². The molecule has 0 spiro atoms. The van der Waals surface area contributed by atoms with Gasteiger partial charge in [-0.1, -0.05) is 40.7 Å². The van der Waals surface area contributed by atoms with E-state index in [2.05, 4.69) is 40.7 Å². The van der Waals surface area contributed by atoms with E-state index in [1.165, 1.54) is 17.5 Å². The van der Waals surface area contributed by atoms with E-state index in [9.17, 15) is 9.90 Å². The molecule has 2 heteroatoms. The van der Waals surface area contributed by atoms with Gasteiger partial charge in [0.1, 0.15) is 0 Å². The van der Waals surface area contributed by atoms with Gasteiger partial charge in [-0.15, -0.1) is 0 Å². The van der Waals surface area contributed by atoms with E-state index in [1.54, 1.807) is 0 Å². The summed E-state index contributed by atoms with van der Waals surface area (Å²) in [6.07, 6.45) is 3.30. The molecule has 1 aromatic carbocycles. The van der Waals surface area contributed by atoms with Crippen molar-refractivity contribution in [3.63, 3.8) is 0 Å². The normalized spacial score (nSPS) is 25.5. The maximum Gasteiger partial charge on any atom is 0.335 e. The van der Waals surface area contributed by atoms with E-state index >= 15 is 0 Å². The third-order valence-electron chi connectivity index (χ3n) is 5.55. The molecule has 0 bridgehead atoms. The second-order valence-corrected chi connectivity index (χ2v) is 7.86. The van der Waals surface area contributed by atoms with E-state index in [0.29, 0.717) is 11.5 Å². The van der Waals surface area contributed by atoms with Crippen LogP contribution in [0.15, 0.2) is 12.1 Å². The first-order chi connectivity index (χ1) is 9.61. The summed E-state index contributed by atoms with van der Waals surface area (Å²) in [7, 11) is 0. The molecule has 2 unspecified atom stereocenters. The summed E-state index contributed by atoms with van der Waals surface area (Å²) in [5, 5.41) is 9.44. The van der Waals surface area contributed by atoms with Crippen LogP contribution < -0.4 is 0 Å². The molecule has 2 nitrogen and oxygen atoms in total. The first-order valence-electron chi connectivity index (χ1n) is 7.98. The molecule has 2 rings (SSSR count). The predicted octanol–water partition coefficient (Wildman–Crippen LogP) is 4.97. The van der Waals surface area contributed by atoms with Crippen LogP contribution in [0.5, 0.6) is 0 Å². The molecule has 0 saturated carbocycles. The summed E-state index contributed by atoms with van der Waals surface area (Å²) in [5.41, 5.74) is 4.25. The lowest BCUT2D eigenvalue weighted by Gasteiger charge is -2.49. The summed E-state index contributed by atoms with van der Waals surface area (Å²) in [6, 6.07) is 4.06. The highest BCUT2D eigenvalue weighted by atomic mass is 16.4. The van der Waals surface area contributed by atoms with Crippen molar-refractivity contribution in [2.75, 3.05) is 0 Å². The number of aromatic carboxylic acids is 1. The molecule has 0 amide bonds. The Hall–Kier alpha value is -1.31. The lowest BCUT2D eigenvalue weighted by Crippen LogP contribution is -2.43. The second-order valence-electron chi connectivity index (χ2n) is 7.86. The first kappa shape index (κ1) is 16.1. The number of fused-ring (bicyclic) bond motifs is 1. The lowest BCUT2D eigenvalue weighted by atomic mass is 9.55. The average molecular weight is 288 g/mol. The molecule has 0 heterocycles. The Bertz CT molecular complexity index is 566. The van der Waals surface area contributed by atoms with E-state index in [0.717, 1.165) is 18.4 Å². The molecule has 116 valence electrons. The monoisotopic (exact) mass is 288 g/mol. The fourth-order valence-corrected chi connectivity index (χ4v) is 4.37. The highest BCUT2D eigenvalue weighted by Crippen LogP contribution is 2.51. The molecule has 21 heavy (non-hydrogen) atoms. The highest BCUT2D eigenvalue weighted by molar-refractivity contribution is 5.89. The molecule has 0 aliphatic heterocycles. The van der Waals surface area contributed by atoms with Gasteiger partial charge in [-0.3, -0.25) is 0 Å². The van der Waals surface area contributed by atoms with Crippen molar-refractivity contribution in [2.24, 2.45) is 11.3 Å². The van der Waals surface area contributed by atoms with Gasteiger partial charge in [0.15, 0.2) is 0 Å². The van der Waals surface area contributed by atoms with Gasteiger partial charge >= 0.3 is 5.97 Å². The lowest BCUT2D eigenvalue weighted by molar-refractivity contribution is 0.0695. The number of carboxylic acids is 1. The SMILES string of the molecule is CCC1(C)c2cc(C(=O)O)c(C)cc2CCC1C(C)(C)C. The maximum absolute atomic E-state index is 11.5. The zero-order valence-electron chi connectivity index (χ0n) is 14.2. The molecular weight excluding hydrogens is 260 g/mol. The topological polar surface area (TPSA) is 37.3 Å². The number of carbonyl (C=O) groups is 1. The van der Waals surface area contributed by atoms with Crippen LogP contribution in [0.25, 0.3) is 0 Å². The minimum Gasteiger partial charge on any atom is -0.478 e. The van der Waals surface area contributed by atoms with Crippen LogP contribution in [0, 0.1) is 18.3 Å². The Morgan fingerprint density at radius 1 is 1.38 bits per heavy atom. The largest absolute Gasteiger partial charge is 0.478 e. The Balaban J connectivity index is 2.65. The van der Waals surface area contributed by atoms with Crippen molar-refractivity contribution in [1.82, 2.24) is 0 Å². The van der Waals surface area contributed by atoms with Gasteiger partial charge in [-0.05, 0) is 65.7 Å². The van der Waals surface area contributed by atoms with Crippen LogP contribution in [0.1, 0.15) is 74.5 Å². The fraction of sp³-hybridized carbons (Fsp3) is 0.632. The van der Waals surface area contributed by atoms with Crippen LogP contribution >= 0.6 is 0 Å². The maximum atomic E-state index is 11.5. The van der Waals surface area contributed by atoms with Gasteiger partial charge in [-0.2, -0.15) is 0 Å². The Morgan fingerprint density at radius 3 is 2.48 bits per heavy atom. The predicted molar refractivity (Wildman–Crippen MR) is 87.0 cm³/mol. The quantitative estimate of drug-likeness (QED) is 0.834. The molecule has 0 saturated heterocycles. The number of rotatable bonds is 2. The minimum absolute atomic E-state index is 0.0593. The average Bonchev–Trinajstić information content (AvgIpc) is 2.36. The number of aryl methyl sites for hydroxylation is 2. The first-order valence-corrected chi connectivity index (χ1v) is 7.98. The number of carboxylic acid groups (broad SMARTS) is 1. The summed E-state index contributed by atoms with van der Waals surface area (Å²) in [4.78, 5) is 11.5. The van der Waals surface area contributed by atoms with E-state index in [4.69, 9.17) is 0 Å². The third kappa shape index (κ3) is 2.61. The molecule has 2 atom stereocenters. The van der Waals surface area contributed by atoms with E-state index in [-0.39, 0.29) is 10.8 Å². The van der Waals surface area contributed by atoms with Gasteiger partial charge in [0.05, 0.1) is 5.56 Å². The Morgan fingerprint density at radius 2 is 2.00 bits per heavy atom. The summed E-state index contributed by atoms with van der Waals surface area (Å²) in [5.74, 6) is -0.238. The second kappa shape index (κ2) is 5.15. The van der Waals surface area contributed by atoms with Gasteiger partial charge in [0.25, 0.3) is 0 Å². The van der Waals surface area contributed by atoms with Gasteiger partial charge in [-0.25, -0.2) is 4.79 Å². The molecule has 1 N–H and O–H groups in total. The van der Waals surface area contributed by atoms with Gasteiger partial charge < -0.3 is 5.11 Å². The molecule has 1 aliphatic carbocycles. The zero-order chi connectivity index (χ0) is 16.0. The molecule has 1 aliphatic rings. The van der Waals surface area contributed by atoms with Gasteiger partial charge in [0.2, 0.25) is 0 Å². The molecular formula is C19H28O2. The number of hydrogen-bond donors (Lipinski definition) is 1. The molecule has 0 fully saturated rings. The molecule has 1 aromatic rings. The van der Waals surface area contributed by atoms with Crippen molar-refractivity contribution in [2.45, 2.75) is 66.2 Å². The minimum atomic E-state index is -0.813. The Labute approximate surface area is 128 Å². The van der Waals surface area contributed by atoms with E-state index < -0.39 is 5.97 Å². The fourth-order valence-electron chi connectivity index (χ4n) is 4.37. The van der Waals surface area contributed by atoms with Crippen LogP contribution in [-0.2, 0) is 11.8 Å². The number of benzene rings is 1. The zero-order valence-corrected chi connectivity index (χ0v) is 14.2. The van der Waals surface area contributed by atoms with E-state index in [1.807, 2.05) is 13.0 Å². The van der Waals surface area contributed by atoms with Crippen LogP contribution in [0.2, 0.25) is 0 Å². The van der Waals surface area contributed by atoms with Gasteiger partial charge in [0, 0.05) is 0 Å². The summed E-state index contributed by atoms with van der Waals surface area (Å²) < 4.78 is 0. The smallest absolute Gasteiger partial charge is 0.335 e. The Kier molecular flexibility index (Phi) is 3.94. The molecule has 0 radical (unpaired) electrons. The van der Waals surface area contributed by atoms with Crippen molar-refractivity contribution in [3.05, 3.63) is 34.4 Å². The van der Waals surface area contributed by atoms with Crippen LogP contribution in [0.3, 0.4) is 0 Å². The number of hydrogen-bond acceptors (Lipinski definition) is 1. The summed E-state index contributed by atoms with van der Waals surface area (Å²) in [6.45, 7) is 13.4. The van der Waals surface area contributed by atoms with Crippen molar-refractivity contribution in [3.8, 4) is 0 Å². The van der Waals surface area contributed by atoms with Crippen molar-refractivity contribution >= 4 is 5.97 Å². The van der Waals surface area contributed by atoms with Crippen LogP contribution in [-0.4, -0.2) is 11.1 Å². The third-order valence-corrected chi connectivity index (χ3v) is 5.55. The van der Waals surface area contributed by atoms with Crippen molar-refractivity contribution in [1.29, 1.82) is 0 Å². The van der Waals surface area contributed by atoms with Crippen LogP contribution in [0.4, 0.5) is 0 Å². The standard InChI is InChI=1S/C19H28O2/c1-7-19(6)15-11-14(17(20)21)12(2)10-13(15)8-9-16(19)18(3,4)5/h10-11,16H,7-9H2,1-6H3,(H,20,21). The highest BCUT2D eigenvalue weighted by Gasteiger charge is 2.44.